The summed E-state index contributed by atoms with van der Waals surface area (Å²) in [5.74, 6) is 2.18. The molecular weight excluding hydrogens is 1170 g/mol. The Kier molecular flexibility index (Phi) is 13.9. The van der Waals surface area contributed by atoms with Gasteiger partial charge in [-0.1, -0.05) is 236 Å². The van der Waals surface area contributed by atoms with Gasteiger partial charge in [0, 0.05) is 78.3 Å². The van der Waals surface area contributed by atoms with Crippen molar-refractivity contribution in [2.24, 2.45) is 0 Å². The maximum Gasteiger partial charge on any atom is 0.252 e. The highest BCUT2D eigenvalue weighted by atomic mass is 15.2. The van der Waals surface area contributed by atoms with Gasteiger partial charge in [0.05, 0.1) is 28.1 Å². The second-order valence-electron chi connectivity index (χ2n) is 27.3. The smallest absolute Gasteiger partial charge is 0.252 e. The van der Waals surface area contributed by atoms with Crippen LogP contribution in [0.1, 0.15) is 52.7 Å². The first-order chi connectivity index (χ1) is 46.9. The van der Waals surface area contributed by atoms with E-state index in [-0.39, 0.29) is 17.5 Å². The molecule has 2 aliphatic heterocycles. The molecule has 96 heavy (non-hydrogen) atoms. The number of aromatic nitrogens is 6. The van der Waals surface area contributed by atoms with Crippen LogP contribution in [0, 0.1) is 0 Å². The van der Waals surface area contributed by atoms with Gasteiger partial charge in [-0.3, -0.25) is 0 Å². The Morgan fingerprint density at radius 1 is 0.281 bits per heavy atom. The van der Waals surface area contributed by atoms with Crippen LogP contribution in [0.2, 0.25) is 0 Å². The van der Waals surface area contributed by atoms with Gasteiger partial charge in [-0.2, -0.15) is 0 Å². The lowest BCUT2D eigenvalue weighted by molar-refractivity contribution is 0.590. The van der Waals surface area contributed by atoms with Crippen molar-refractivity contribution in [2.75, 3.05) is 9.80 Å². The molecule has 0 spiro atoms. The van der Waals surface area contributed by atoms with Gasteiger partial charge in [-0.05, 0) is 153 Å². The van der Waals surface area contributed by atoms with Crippen molar-refractivity contribution in [3.63, 3.8) is 0 Å². The summed E-state index contributed by atoms with van der Waals surface area (Å²) in [6.45, 7) is 13.7. The minimum atomic E-state index is -0.0840. The molecule has 0 unspecified atom stereocenters. The van der Waals surface area contributed by atoms with E-state index in [2.05, 4.69) is 323 Å². The number of anilines is 6. The van der Waals surface area contributed by atoms with E-state index >= 15 is 0 Å². The van der Waals surface area contributed by atoms with Gasteiger partial charge >= 0.3 is 0 Å². The maximum atomic E-state index is 5.71. The predicted molar refractivity (Wildman–Crippen MR) is 399 cm³/mol. The SMILES string of the molecule is CC(C)(C)c1ccc2c(c1)c1cc(C(C)(C)C)ccc1n2-c1ccc(-c2nc(-c3ccccc3)cc(-c3ccccc3)n2)cc1-c1nc(-c2ccccc2)nc(-c2cccc(-c3cc4c5c(c3)N(c3ccccc3)c3ccccc3B5c3ccccc3N4c3ccccc3)c2)n1. The van der Waals surface area contributed by atoms with E-state index < -0.39 is 0 Å². The topological polar surface area (TPSA) is 75.9 Å². The van der Waals surface area contributed by atoms with Crippen LogP contribution in [0.25, 0.3) is 107 Å². The number of rotatable bonds is 10. The van der Waals surface area contributed by atoms with Gasteiger partial charge in [0.1, 0.15) is 0 Å². The Morgan fingerprint density at radius 3 is 1.21 bits per heavy atom. The second-order valence-corrected chi connectivity index (χ2v) is 27.3. The monoisotopic (exact) mass is 1230 g/mol. The molecule has 3 aromatic heterocycles. The van der Waals surface area contributed by atoms with Gasteiger partial charge in [0.25, 0.3) is 6.71 Å². The highest BCUT2D eigenvalue weighted by molar-refractivity contribution is 7.00. The number of fused-ring (bicyclic) bond motifs is 7. The first-order valence-corrected chi connectivity index (χ1v) is 33.1. The minimum absolute atomic E-state index is 0.0131. The molecule has 0 bridgehead atoms. The van der Waals surface area contributed by atoms with Crippen molar-refractivity contribution >= 4 is 79.0 Å². The molecule has 15 aromatic rings. The number of benzene rings is 12. The standard InChI is InChI=1S/C87H67BN8/c1-86(2,3)63-44-47-74-67(53-63)68-54-64(87(4,5)6)45-48-75(68)96(74)76-46-43-61(83-89-72(56-27-12-7-13-28-56)55-73(90-83)57-29-14-8-15-30-57)50-69(76)85-92-82(58-31-16-9-17-32-58)91-84(93-85)60-34-26-33-59(49-60)62-51-79-81-80(52-62)95(66-37-20-11-21-38-66)78-42-25-23-40-71(78)88(81)70-39-22-24-41-77(70)94(79)65-35-18-10-19-36-65/h7-55H,1-6H3. The number of hydrogen-bond acceptors (Lipinski definition) is 7. The summed E-state index contributed by atoms with van der Waals surface area (Å²) < 4.78 is 2.41. The molecule has 2 aliphatic rings. The summed E-state index contributed by atoms with van der Waals surface area (Å²) >= 11 is 0. The van der Waals surface area contributed by atoms with Gasteiger partial charge in [0.2, 0.25) is 0 Å². The minimum Gasteiger partial charge on any atom is -0.311 e. The highest BCUT2D eigenvalue weighted by Gasteiger charge is 2.43. The molecule has 9 heteroatoms. The van der Waals surface area contributed by atoms with Crippen molar-refractivity contribution < 1.29 is 0 Å². The molecule has 12 aromatic carbocycles. The molecule has 0 saturated heterocycles. The summed E-state index contributed by atoms with van der Waals surface area (Å²) in [4.78, 5) is 32.5. The Labute approximate surface area is 560 Å². The average Bonchev–Trinajstić information content (AvgIpc) is 1.08. The molecule has 458 valence electrons. The van der Waals surface area contributed by atoms with E-state index in [0.29, 0.717) is 23.3 Å². The molecule has 0 amide bonds. The van der Waals surface area contributed by atoms with Crippen LogP contribution in [0.5, 0.6) is 0 Å². The summed E-state index contributed by atoms with van der Waals surface area (Å²) in [6, 6.07) is 107. The third-order valence-corrected chi connectivity index (χ3v) is 19.1. The van der Waals surface area contributed by atoms with Gasteiger partial charge < -0.3 is 14.4 Å². The Bertz CT molecular complexity index is 5260. The van der Waals surface area contributed by atoms with Crippen LogP contribution < -0.4 is 26.2 Å². The fourth-order valence-corrected chi connectivity index (χ4v) is 14.3. The largest absolute Gasteiger partial charge is 0.311 e. The Balaban J connectivity index is 0.906. The highest BCUT2D eigenvalue weighted by Crippen LogP contribution is 2.47. The zero-order chi connectivity index (χ0) is 64.8. The van der Waals surface area contributed by atoms with E-state index in [1.165, 1.54) is 38.3 Å². The number of hydrogen-bond donors (Lipinski definition) is 0. The lowest BCUT2D eigenvalue weighted by Crippen LogP contribution is -2.61. The van der Waals surface area contributed by atoms with Crippen LogP contribution in [0.15, 0.2) is 297 Å². The summed E-state index contributed by atoms with van der Waals surface area (Å²) in [6.07, 6.45) is 0. The van der Waals surface area contributed by atoms with Crippen LogP contribution in [0.4, 0.5) is 34.1 Å². The average molecular weight is 1240 g/mol. The molecule has 0 N–H and O–H groups in total. The maximum absolute atomic E-state index is 5.71. The van der Waals surface area contributed by atoms with Crippen LogP contribution >= 0.6 is 0 Å². The summed E-state index contributed by atoms with van der Waals surface area (Å²) in [5.41, 5.74) is 25.0. The zero-order valence-electron chi connectivity index (χ0n) is 54.4. The quantitative estimate of drug-likeness (QED) is 0.126. The predicted octanol–water partition coefficient (Wildman–Crippen LogP) is 20.1. The molecule has 17 rings (SSSR count). The molecular formula is C87H67BN8. The van der Waals surface area contributed by atoms with Crippen molar-refractivity contribution in [1.82, 2.24) is 29.5 Å². The molecule has 5 heterocycles. The number of para-hydroxylation sites is 4. The zero-order valence-corrected chi connectivity index (χ0v) is 54.4. The summed E-state index contributed by atoms with van der Waals surface area (Å²) in [7, 11) is 0. The molecule has 0 radical (unpaired) electrons. The third kappa shape index (κ3) is 10.1. The fourth-order valence-electron chi connectivity index (χ4n) is 14.3. The normalized spacial score (nSPS) is 12.6. The van der Waals surface area contributed by atoms with Gasteiger partial charge in [-0.15, -0.1) is 0 Å². The van der Waals surface area contributed by atoms with E-state index in [4.69, 9.17) is 24.9 Å². The van der Waals surface area contributed by atoms with E-state index in [9.17, 15) is 0 Å². The van der Waals surface area contributed by atoms with Crippen molar-refractivity contribution in [2.45, 2.75) is 52.4 Å². The fraction of sp³-hybridized carbons (Fsp3) is 0.0920. The van der Waals surface area contributed by atoms with Crippen LogP contribution in [-0.2, 0) is 10.8 Å². The van der Waals surface area contributed by atoms with E-state index in [1.54, 1.807) is 0 Å². The first-order valence-electron chi connectivity index (χ1n) is 33.1. The lowest BCUT2D eigenvalue weighted by atomic mass is 9.33. The molecule has 0 aliphatic carbocycles. The van der Waals surface area contributed by atoms with Crippen molar-refractivity contribution in [3.8, 4) is 84.9 Å². The third-order valence-electron chi connectivity index (χ3n) is 19.1. The molecule has 0 atom stereocenters. The lowest BCUT2D eigenvalue weighted by Gasteiger charge is -2.44. The van der Waals surface area contributed by atoms with Crippen LogP contribution in [0.3, 0.4) is 0 Å². The van der Waals surface area contributed by atoms with Crippen molar-refractivity contribution in [3.05, 3.63) is 308 Å². The van der Waals surface area contributed by atoms with Gasteiger partial charge in [0.15, 0.2) is 23.3 Å². The molecule has 0 saturated carbocycles. The van der Waals surface area contributed by atoms with Crippen LogP contribution in [-0.4, -0.2) is 36.2 Å². The first kappa shape index (κ1) is 58.0. The second kappa shape index (κ2) is 23.0. The van der Waals surface area contributed by atoms with Crippen molar-refractivity contribution in [1.29, 1.82) is 0 Å². The molecule has 8 nitrogen and oxygen atoms in total. The Morgan fingerprint density at radius 2 is 0.698 bits per heavy atom. The summed E-state index contributed by atoms with van der Waals surface area (Å²) in [5, 5.41) is 2.37. The Hall–Kier alpha value is -11.8. The van der Waals surface area contributed by atoms with E-state index in [1.807, 2.05) is 30.3 Å². The molecule has 0 fully saturated rings. The van der Waals surface area contributed by atoms with Gasteiger partial charge in [-0.25, -0.2) is 24.9 Å². The van der Waals surface area contributed by atoms with E-state index in [0.717, 1.165) is 107 Å². The number of nitrogens with zero attached hydrogens (tertiary/aromatic N) is 8.